The van der Waals surface area contributed by atoms with Crippen LogP contribution in [-0.4, -0.2) is 25.1 Å². The van der Waals surface area contributed by atoms with Crippen molar-refractivity contribution in [2.75, 3.05) is 14.2 Å². The first-order valence-corrected chi connectivity index (χ1v) is 3.16. The highest BCUT2D eigenvalue weighted by Gasteiger charge is 2.25. The first-order valence-electron chi connectivity index (χ1n) is 3.16. The van der Waals surface area contributed by atoms with Crippen molar-refractivity contribution >= 4 is 5.97 Å². The van der Waals surface area contributed by atoms with E-state index in [-0.39, 0.29) is 5.70 Å². The summed E-state index contributed by atoms with van der Waals surface area (Å²) in [7, 11) is 2.58. The number of carbonyl (C=O) groups is 1. The van der Waals surface area contributed by atoms with E-state index in [0.717, 1.165) is 7.11 Å². The quantitative estimate of drug-likeness (QED) is 0.279. The molecule has 0 saturated carbocycles. The molecule has 0 amide bonds. The molecule has 0 aliphatic carbocycles. The Balaban J connectivity index is 4.91. The van der Waals surface area contributed by atoms with Gasteiger partial charge < -0.3 is 10.1 Å². The van der Waals surface area contributed by atoms with Crippen molar-refractivity contribution in [3.63, 3.8) is 0 Å². The number of allylic oxidation sites excluding steroid dienone is 1. The van der Waals surface area contributed by atoms with E-state index in [1.807, 2.05) is 0 Å². The van der Waals surface area contributed by atoms with Crippen LogP contribution in [0.3, 0.4) is 0 Å². The Morgan fingerprint density at radius 3 is 2.33 bits per heavy atom. The van der Waals surface area contributed by atoms with Gasteiger partial charge in [0.25, 0.3) is 0 Å². The molecule has 0 aromatic heterocycles. The monoisotopic (exact) mass is 174 g/mol. The molecule has 0 bridgehead atoms. The van der Waals surface area contributed by atoms with Crippen molar-refractivity contribution in [2.24, 2.45) is 0 Å². The second-order valence-electron chi connectivity index (χ2n) is 1.97. The minimum Gasteiger partial charge on any atom is -0.461 e. The van der Waals surface area contributed by atoms with Gasteiger partial charge in [0.1, 0.15) is 0 Å². The van der Waals surface area contributed by atoms with E-state index in [1.165, 1.54) is 14.0 Å². The number of nitrogens with zero attached hydrogens (tertiary/aromatic N) is 1. The predicted molar refractivity (Wildman–Crippen MR) is 40.8 cm³/mol. The molecule has 0 aromatic carbocycles. The molecule has 0 saturated heterocycles. The summed E-state index contributed by atoms with van der Waals surface area (Å²) in [6.45, 7) is 1.43. The molecule has 1 N–H and O–H groups in total. The fourth-order valence-corrected chi connectivity index (χ4v) is 0.580. The molecule has 0 heterocycles. The smallest absolute Gasteiger partial charge is 0.411 e. The van der Waals surface area contributed by atoms with Gasteiger partial charge >= 0.3 is 11.7 Å². The van der Waals surface area contributed by atoms with Gasteiger partial charge in [-0.2, -0.15) is 0 Å². The third-order valence-electron chi connectivity index (χ3n) is 1.29. The third-order valence-corrected chi connectivity index (χ3v) is 1.29. The van der Waals surface area contributed by atoms with Crippen molar-refractivity contribution in [3.05, 3.63) is 21.5 Å². The van der Waals surface area contributed by atoms with Gasteiger partial charge in [-0.1, -0.05) is 0 Å². The van der Waals surface area contributed by atoms with Crippen LogP contribution in [-0.2, 0) is 9.53 Å². The van der Waals surface area contributed by atoms with E-state index < -0.39 is 16.6 Å². The number of carbonyl (C=O) groups excluding carboxylic acids is 1. The van der Waals surface area contributed by atoms with Crippen LogP contribution >= 0.6 is 0 Å². The molecule has 68 valence electrons. The van der Waals surface area contributed by atoms with Gasteiger partial charge in [0, 0.05) is 7.05 Å². The highest BCUT2D eigenvalue weighted by Crippen LogP contribution is 2.03. The molecule has 0 spiro atoms. The van der Waals surface area contributed by atoms with Gasteiger partial charge in [0.2, 0.25) is 0 Å². The summed E-state index contributed by atoms with van der Waals surface area (Å²) >= 11 is 0. The van der Waals surface area contributed by atoms with Gasteiger partial charge in [0.15, 0.2) is 0 Å². The molecule has 0 aromatic rings. The predicted octanol–water partition coefficient (Wildman–Crippen LogP) is -0.113. The van der Waals surface area contributed by atoms with Crippen LogP contribution in [0.1, 0.15) is 6.92 Å². The summed E-state index contributed by atoms with van der Waals surface area (Å²) in [5, 5.41) is 12.8. The van der Waals surface area contributed by atoms with Crippen molar-refractivity contribution in [1.29, 1.82) is 0 Å². The number of hydrogen-bond donors (Lipinski definition) is 1. The van der Waals surface area contributed by atoms with Crippen LogP contribution in [0.5, 0.6) is 0 Å². The third kappa shape index (κ3) is 2.22. The largest absolute Gasteiger partial charge is 0.461 e. The first-order chi connectivity index (χ1) is 5.54. The average molecular weight is 174 g/mol. The lowest BCUT2D eigenvalue weighted by Gasteiger charge is -2.00. The Morgan fingerprint density at radius 2 is 2.08 bits per heavy atom. The summed E-state index contributed by atoms with van der Waals surface area (Å²) in [5.74, 6) is -0.952. The van der Waals surface area contributed by atoms with E-state index >= 15 is 0 Å². The zero-order chi connectivity index (χ0) is 9.72. The van der Waals surface area contributed by atoms with Crippen LogP contribution in [0.15, 0.2) is 11.4 Å². The lowest BCUT2D eigenvalue weighted by Crippen LogP contribution is -2.19. The van der Waals surface area contributed by atoms with Crippen molar-refractivity contribution in [3.8, 4) is 0 Å². The van der Waals surface area contributed by atoms with Crippen LogP contribution in [0.2, 0.25) is 0 Å². The summed E-state index contributed by atoms with van der Waals surface area (Å²) in [5.41, 5.74) is -0.396. The summed E-state index contributed by atoms with van der Waals surface area (Å²) in [4.78, 5) is 20.3. The maximum absolute atomic E-state index is 10.8. The molecule has 0 atom stereocenters. The Bertz CT molecular complexity index is 234. The Labute approximate surface area is 69.4 Å². The molecule has 0 aliphatic heterocycles. The summed E-state index contributed by atoms with van der Waals surface area (Å²) < 4.78 is 4.22. The molecule has 0 unspecified atom stereocenters. The van der Waals surface area contributed by atoms with Crippen molar-refractivity contribution in [2.45, 2.75) is 6.92 Å². The molecule has 6 nitrogen and oxygen atoms in total. The Kier molecular flexibility index (Phi) is 3.75. The van der Waals surface area contributed by atoms with E-state index in [0.29, 0.717) is 0 Å². The van der Waals surface area contributed by atoms with Crippen LogP contribution < -0.4 is 5.32 Å². The molecule has 0 rings (SSSR count). The maximum atomic E-state index is 10.8. The zero-order valence-corrected chi connectivity index (χ0v) is 7.08. The number of rotatable bonds is 3. The number of nitro groups is 1. The van der Waals surface area contributed by atoms with E-state index in [4.69, 9.17) is 0 Å². The number of hydrogen-bond acceptors (Lipinski definition) is 5. The topological polar surface area (TPSA) is 81.5 Å². The standard InChI is InChI=1S/C6H10N2O4/c1-4(7-2)5(8(10)11)6(9)12-3/h7H,1-3H3/b5-4+. The SMILES string of the molecule is CN/C(C)=C(\C(=O)OC)[N+](=O)[O-]. The number of nitrogens with one attached hydrogen (secondary N) is 1. The minimum absolute atomic E-state index is 0.173. The maximum Gasteiger partial charge on any atom is 0.411 e. The first kappa shape index (κ1) is 10.4. The number of esters is 1. The molecular formula is C6H10N2O4. The van der Waals surface area contributed by atoms with E-state index in [1.54, 1.807) is 0 Å². The van der Waals surface area contributed by atoms with Crippen molar-refractivity contribution < 1.29 is 14.5 Å². The lowest BCUT2D eigenvalue weighted by atomic mass is 10.3. The molecule has 6 heteroatoms. The average Bonchev–Trinajstić information content (AvgIpc) is 2.03. The lowest BCUT2D eigenvalue weighted by molar-refractivity contribution is -0.422. The zero-order valence-electron chi connectivity index (χ0n) is 7.08. The number of ether oxygens (including phenoxy) is 1. The Morgan fingerprint density at radius 1 is 1.58 bits per heavy atom. The fraction of sp³-hybridized carbons (Fsp3) is 0.500. The van der Waals surface area contributed by atoms with Gasteiger partial charge in [-0.05, 0) is 6.92 Å². The van der Waals surface area contributed by atoms with E-state index in [2.05, 4.69) is 10.1 Å². The van der Waals surface area contributed by atoms with Crippen LogP contribution in [0, 0.1) is 10.1 Å². The normalized spacial score (nSPS) is 11.6. The van der Waals surface area contributed by atoms with Gasteiger partial charge in [-0.3, -0.25) is 10.1 Å². The molecule has 0 radical (unpaired) electrons. The fourth-order valence-electron chi connectivity index (χ4n) is 0.580. The summed E-state index contributed by atoms with van der Waals surface area (Å²) in [6, 6.07) is 0. The minimum atomic E-state index is -0.952. The molecular weight excluding hydrogens is 164 g/mol. The summed E-state index contributed by atoms with van der Waals surface area (Å²) in [6.07, 6.45) is 0. The van der Waals surface area contributed by atoms with Crippen LogP contribution in [0.25, 0.3) is 0 Å². The second kappa shape index (κ2) is 4.32. The molecule has 0 fully saturated rings. The van der Waals surface area contributed by atoms with Gasteiger partial charge in [-0.15, -0.1) is 0 Å². The second-order valence-corrected chi connectivity index (χ2v) is 1.97. The molecule has 0 aliphatic rings. The van der Waals surface area contributed by atoms with Crippen molar-refractivity contribution in [1.82, 2.24) is 5.32 Å². The van der Waals surface area contributed by atoms with E-state index in [9.17, 15) is 14.9 Å². The molecule has 12 heavy (non-hydrogen) atoms. The van der Waals surface area contributed by atoms with Crippen LogP contribution in [0.4, 0.5) is 0 Å². The highest BCUT2D eigenvalue weighted by atomic mass is 16.6. The Hall–Kier alpha value is -1.59. The van der Waals surface area contributed by atoms with Gasteiger partial charge in [-0.25, -0.2) is 4.79 Å². The number of methoxy groups -OCH3 is 1. The highest BCUT2D eigenvalue weighted by molar-refractivity contribution is 5.86. The van der Waals surface area contributed by atoms with Gasteiger partial charge in [0.05, 0.1) is 17.7 Å².